The standard InChI is InChI=1S/C13H17BrFNOS/c1-12(2,3)18(17)16-8-13(16,4)10-7-9(14)5-6-11(10)15/h5-7H,8H2,1-4H3/t13-,16?,18+/m0/s1. The van der Waals surface area contributed by atoms with Crippen molar-refractivity contribution in [2.75, 3.05) is 6.54 Å². The molecule has 5 heteroatoms. The first-order valence-corrected chi connectivity index (χ1v) is 7.71. The molecule has 2 rings (SSSR count). The third-order valence-corrected chi connectivity index (χ3v) is 5.60. The summed E-state index contributed by atoms with van der Waals surface area (Å²) in [5, 5.41) is 0. The molecule has 1 heterocycles. The zero-order valence-corrected chi connectivity index (χ0v) is 13.4. The van der Waals surface area contributed by atoms with Gasteiger partial charge in [0.05, 0.1) is 6.54 Å². The maximum atomic E-state index is 13.9. The van der Waals surface area contributed by atoms with E-state index < -0.39 is 16.9 Å². The van der Waals surface area contributed by atoms with E-state index in [4.69, 9.17) is 0 Å². The van der Waals surface area contributed by atoms with Crippen molar-refractivity contribution in [2.24, 2.45) is 0 Å². The lowest BCUT2D eigenvalue weighted by Crippen LogP contribution is -2.36. The minimum absolute atomic E-state index is 0.242. The van der Waals surface area contributed by atoms with Crippen LogP contribution in [0.5, 0.6) is 0 Å². The van der Waals surface area contributed by atoms with Gasteiger partial charge < -0.3 is 4.55 Å². The molecule has 100 valence electrons. The first-order chi connectivity index (χ1) is 8.16. The van der Waals surface area contributed by atoms with Gasteiger partial charge in [-0.05, 0) is 45.9 Å². The second-order valence-electron chi connectivity index (χ2n) is 5.80. The van der Waals surface area contributed by atoms with E-state index in [2.05, 4.69) is 15.9 Å². The molecule has 1 aromatic rings. The van der Waals surface area contributed by atoms with E-state index in [0.29, 0.717) is 12.1 Å². The van der Waals surface area contributed by atoms with Crippen molar-refractivity contribution in [3.63, 3.8) is 0 Å². The van der Waals surface area contributed by atoms with E-state index in [-0.39, 0.29) is 10.6 Å². The zero-order chi connectivity index (χ0) is 13.7. The molecule has 2 nitrogen and oxygen atoms in total. The summed E-state index contributed by atoms with van der Waals surface area (Å²) >= 11 is 2.24. The van der Waals surface area contributed by atoms with E-state index in [1.807, 2.05) is 32.0 Å². The molecule has 0 aromatic heterocycles. The van der Waals surface area contributed by atoms with Crippen LogP contribution in [0, 0.1) is 5.82 Å². The van der Waals surface area contributed by atoms with Gasteiger partial charge in [-0.25, -0.2) is 4.39 Å². The molecule has 0 radical (unpaired) electrons. The molecule has 1 saturated heterocycles. The molecule has 0 N–H and O–H groups in total. The van der Waals surface area contributed by atoms with Crippen LogP contribution >= 0.6 is 15.9 Å². The van der Waals surface area contributed by atoms with Crippen LogP contribution < -0.4 is 0 Å². The number of rotatable bonds is 2. The summed E-state index contributed by atoms with van der Waals surface area (Å²) in [6, 6.07) is 4.89. The molecule has 0 amide bonds. The smallest absolute Gasteiger partial charge is 0.137 e. The highest BCUT2D eigenvalue weighted by Gasteiger charge is 2.60. The van der Waals surface area contributed by atoms with Gasteiger partial charge >= 0.3 is 0 Å². The maximum absolute atomic E-state index is 13.9. The van der Waals surface area contributed by atoms with Gasteiger partial charge in [0.15, 0.2) is 0 Å². The summed E-state index contributed by atoms with van der Waals surface area (Å²) < 4.78 is 28.6. The molecule has 0 bridgehead atoms. The van der Waals surface area contributed by atoms with Crippen LogP contribution in [-0.4, -0.2) is 20.1 Å². The predicted molar refractivity (Wildman–Crippen MR) is 76.1 cm³/mol. The minimum atomic E-state index is -1.11. The van der Waals surface area contributed by atoms with Gasteiger partial charge in [0.25, 0.3) is 0 Å². The van der Waals surface area contributed by atoms with E-state index >= 15 is 0 Å². The molecular formula is C13H17BrFNOS. The van der Waals surface area contributed by atoms with Crippen LogP contribution in [0.4, 0.5) is 4.39 Å². The summed E-state index contributed by atoms with van der Waals surface area (Å²) in [7, 11) is 0. The number of nitrogens with zero attached hydrogens (tertiary/aromatic N) is 1. The van der Waals surface area contributed by atoms with Crippen molar-refractivity contribution in [3.05, 3.63) is 34.1 Å². The Morgan fingerprint density at radius 3 is 2.61 bits per heavy atom. The first-order valence-electron chi connectivity index (χ1n) is 5.81. The Hall–Kier alpha value is -0.100. The predicted octanol–water partition coefficient (Wildman–Crippen LogP) is 3.58. The fourth-order valence-electron chi connectivity index (χ4n) is 1.95. The van der Waals surface area contributed by atoms with E-state index in [1.54, 1.807) is 12.1 Å². The second kappa shape index (κ2) is 4.47. The normalized spacial score (nSPS) is 29.2. The molecule has 18 heavy (non-hydrogen) atoms. The summed E-state index contributed by atoms with van der Waals surface area (Å²) in [6.45, 7) is 8.35. The highest BCUT2D eigenvalue weighted by atomic mass is 79.9. The second-order valence-corrected chi connectivity index (χ2v) is 8.88. The fraction of sp³-hybridized carbons (Fsp3) is 0.538. The van der Waals surface area contributed by atoms with Gasteiger partial charge in [-0.2, -0.15) is 0 Å². The third kappa shape index (κ3) is 2.46. The highest BCUT2D eigenvalue weighted by Crippen LogP contribution is 2.48. The number of hydrogen-bond acceptors (Lipinski definition) is 2. The Balaban J connectivity index is 2.28. The molecule has 0 saturated carbocycles. The topological polar surface area (TPSA) is 26.1 Å². The largest absolute Gasteiger partial charge is 0.597 e. The van der Waals surface area contributed by atoms with Gasteiger partial charge in [-0.3, -0.25) is 0 Å². The molecule has 3 atom stereocenters. The van der Waals surface area contributed by atoms with Crippen LogP contribution in [-0.2, 0) is 16.9 Å². The van der Waals surface area contributed by atoms with Crippen LogP contribution in [0.1, 0.15) is 33.3 Å². The van der Waals surface area contributed by atoms with Crippen molar-refractivity contribution >= 4 is 27.3 Å². The van der Waals surface area contributed by atoms with Gasteiger partial charge in [-0.15, -0.1) is 4.31 Å². The molecule has 1 fully saturated rings. The number of benzene rings is 1. The lowest BCUT2D eigenvalue weighted by atomic mass is 10.0. The van der Waals surface area contributed by atoms with Gasteiger partial charge in [0.1, 0.15) is 16.1 Å². The third-order valence-electron chi connectivity index (χ3n) is 3.13. The molecule has 1 unspecified atom stereocenters. The van der Waals surface area contributed by atoms with E-state index in [9.17, 15) is 8.94 Å². The van der Waals surface area contributed by atoms with E-state index in [1.165, 1.54) is 6.07 Å². The van der Waals surface area contributed by atoms with Crippen LogP contribution in [0.2, 0.25) is 0 Å². The van der Waals surface area contributed by atoms with Crippen molar-refractivity contribution < 1.29 is 8.94 Å². The molecule has 0 aliphatic carbocycles. The Labute approximate surface area is 119 Å². The Morgan fingerprint density at radius 2 is 2.06 bits per heavy atom. The summed E-state index contributed by atoms with van der Waals surface area (Å²) in [4.78, 5) is 0. The molecule has 1 aliphatic heterocycles. The molecule has 1 aromatic carbocycles. The van der Waals surface area contributed by atoms with Crippen molar-refractivity contribution in [1.29, 1.82) is 0 Å². The van der Waals surface area contributed by atoms with Crippen molar-refractivity contribution in [2.45, 2.75) is 38.0 Å². The average molecular weight is 334 g/mol. The van der Waals surface area contributed by atoms with Gasteiger partial charge in [0.2, 0.25) is 0 Å². The Morgan fingerprint density at radius 1 is 1.44 bits per heavy atom. The number of halogens is 2. The zero-order valence-electron chi connectivity index (χ0n) is 11.0. The monoisotopic (exact) mass is 333 g/mol. The van der Waals surface area contributed by atoms with Crippen LogP contribution in [0.3, 0.4) is 0 Å². The summed E-state index contributed by atoms with van der Waals surface area (Å²) in [6.07, 6.45) is 0. The Bertz CT molecular complexity index is 477. The molecule has 1 aliphatic rings. The summed E-state index contributed by atoms with van der Waals surface area (Å²) in [5.41, 5.74) is 0.154. The molecule has 0 spiro atoms. The minimum Gasteiger partial charge on any atom is -0.597 e. The fourth-order valence-corrected chi connectivity index (χ4v) is 3.80. The maximum Gasteiger partial charge on any atom is 0.137 e. The van der Waals surface area contributed by atoms with Crippen molar-refractivity contribution in [3.8, 4) is 0 Å². The average Bonchev–Trinajstić information content (AvgIpc) is 2.93. The summed E-state index contributed by atoms with van der Waals surface area (Å²) in [5.74, 6) is -0.242. The van der Waals surface area contributed by atoms with Gasteiger partial charge in [-0.1, -0.05) is 15.9 Å². The Kier molecular flexibility index (Phi) is 3.56. The van der Waals surface area contributed by atoms with E-state index in [0.717, 1.165) is 4.47 Å². The highest BCUT2D eigenvalue weighted by molar-refractivity contribution is 9.10. The SMILES string of the molecule is CC(C)(C)[S@@+]([O-])N1C[C@@]1(C)c1cc(Br)ccc1F. The van der Waals surface area contributed by atoms with Crippen LogP contribution in [0.15, 0.2) is 22.7 Å². The van der Waals surface area contributed by atoms with Gasteiger partial charge in [0, 0.05) is 21.4 Å². The van der Waals surface area contributed by atoms with Crippen molar-refractivity contribution in [1.82, 2.24) is 4.31 Å². The molecular weight excluding hydrogens is 317 g/mol. The lowest BCUT2D eigenvalue weighted by molar-refractivity contribution is 0.481. The van der Waals surface area contributed by atoms with Crippen LogP contribution in [0.25, 0.3) is 0 Å². The first kappa shape index (κ1) is 14.3. The number of hydrogen-bond donors (Lipinski definition) is 0. The lowest BCUT2D eigenvalue weighted by Gasteiger charge is -2.26. The quantitative estimate of drug-likeness (QED) is 0.610.